The molecule has 4 aromatic heterocycles. The smallest absolute Gasteiger partial charge is 0.179 e. The van der Waals surface area contributed by atoms with E-state index in [9.17, 15) is 0 Å². The SMILES string of the molecule is c1ccc([Si](c2ccccc2)(c2ccccc2)c2ccc(-n3c4ccccc4c4cc(-n5c6ccccc6c6cc(-n7c8ccccc8c8c9sc%10ccccc%10c9ccc87)ccc65)ccc43)cc2)cc1. The van der Waals surface area contributed by atoms with Crippen molar-refractivity contribution < 1.29 is 0 Å². The molecule has 0 aliphatic heterocycles. The number of para-hydroxylation sites is 3. The molecule has 0 unspecified atom stereocenters. The van der Waals surface area contributed by atoms with Crippen molar-refractivity contribution >= 4 is 126 Å². The maximum Gasteiger partial charge on any atom is 0.179 e. The zero-order valence-electron chi connectivity index (χ0n) is 38.6. The van der Waals surface area contributed by atoms with E-state index in [0.717, 1.165) is 17.1 Å². The van der Waals surface area contributed by atoms with Crippen LogP contribution >= 0.6 is 11.3 Å². The molecule has 0 fully saturated rings. The molecule has 0 saturated heterocycles. The predicted molar refractivity (Wildman–Crippen MR) is 306 cm³/mol. The first-order valence-corrected chi connectivity index (χ1v) is 27.2. The van der Waals surface area contributed by atoms with E-state index in [1.807, 2.05) is 11.3 Å². The van der Waals surface area contributed by atoms with Crippen LogP contribution in [0.4, 0.5) is 0 Å². The highest BCUT2D eigenvalue weighted by Crippen LogP contribution is 2.44. The fourth-order valence-electron chi connectivity index (χ4n) is 12.2. The molecule has 0 bridgehead atoms. The van der Waals surface area contributed by atoms with Gasteiger partial charge in [-0.15, -0.1) is 11.3 Å². The predicted octanol–water partition coefficient (Wildman–Crippen LogP) is 14.7. The van der Waals surface area contributed by atoms with Crippen molar-refractivity contribution in [3.05, 3.63) is 261 Å². The highest BCUT2D eigenvalue weighted by Gasteiger charge is 2.41. The summed E-state index contributed by atoms with van der Waals surface area (Å²) in [5, 5.41) is 15.7. The third kappa shape index (κ3) is 5.82. The van der Waals surface area contributed by atoms with Gasteiger partial charge in [0.25, 0.3) is 0 Å². The summed E-state index contributed by atoms with van der Waals surface area (Å²) in [5.74, 6) is 0. The molecule has 0 N–H and O–H groups in total. The lowest BCUT2D eigenvalue weighted by Crippen LogP contribution is -2.74. The summed E-state index contributed by atoms with van der Waals surface area (Å²) in [6.07, 6.45) is 0. The molecular formula is C66H43N3SSi. The Kier molecular flexibility index (Phi) is 8.85. The molecule has 0 amide bonds. The van der Waals surface area contributed by atoms with Crippen molar-refractivity contribution in [2.24, 2.45) is 0 Å². The maximum absolute atomic E-state index is 2.67. The standard InChI is InChI=1S/C66H43N3SSi/c1-4-18-47(19-5-1)71(48-20-6-2-7-21-48,49-22-8-3-9-23-49)50-36-32-44(33-37-50)67-58-28-14-10-24-51(58)56-42-45(34-39-61(56)67)68-59-29-15-11-25-52(59)57-43-46(35-40-62(57)68)69-60-30-16-12-27-55(60)65-63(69)41-38-54-53-26-13-17-31-64(53)70-66(54)65/h1-43H. The van der Waals surface area contributed by atoms with Crippen molar-refractivity contribution in [1.82, 2.24) is 13.7 Å². The van der Waals surface area contributed by atoms with Crippen molar-refractivity contribution in [3.63, 3.8) is 0 Å². The van der Waals surface area contributed by atoms with Crippen LogP contribution in [0.15, 0.2) is 261 Å². The Labute approximate surface area is 415 Å². The Balaban J connectivity index is 0.887. The van der Waals surface area contributed by atoms with E-state index < -0.39 is 8.07 Å². The number of aromatic nitrogens is 3. The van der Waals surface area contributed by atoms with Gasteiger partial charge in [-0.2, -0.15) is 0 Å². The van der Waals surface area contributed by atoms with Crippen LogP contribution in [0.1, 0.15) is 0 Å². The number of hydrogen-bond acceptors (Lipinski definition) is 1. The number of nitrogens with zero attached hydrogens (tertiary/aromatic N) is 3. The van der Waals surface area contributed by atoms with Gasteiger partial charge in [-0.3, -0.25) is 0 Å². The third-order valence-corrected chi connectivity index (χ3v) is 21.2. The molecule has 0 saturated carbocycles. The van der Waals surface area contributed by atoms with E-state index in [-0.39, 0.29) is 0 Å². The first-order valence-electron chi connectivity index (χ1n) is 24.4. The number of hydrogen-bond donors (Lipinski definition) is 0. The van der Waals surface area contributed by atoms with Gasteiger partial charge in [0.05, 0.1) is 33.1 Å². The number of fused-ring (bicyclic) bond motifs is 13. The normalized spacial score (nSPS) is 12.2. The van der Waals surface area contributed by atoms with E-state index in [1.54, 1.807) is 0 Å². The summed E-state index contributed by atoms with van der Waals surface area (Å²) in [7, 11) is -2.67. The number of benzene rings is 11. The second-order valence-electron chi connectivity index (χ2n) is 18.8. The van der Waals surface area contributed by atoms with Crippen LogP contribution in [0.2, 0.25) is 0 Å². The van der Waals surface area contributed by atoms with Gasteiger partial charge in [-0.05, 0) is 99.6 Å². The Morgan fingerprint density at radius 3 is 1.18 bits per heavy atom. The van der Waals surface area contributed by atoms with Gasteiger partial charge in [0.15, 0.2) is 8.07 Å². The van der Waals surface area contributed by atoms with Crippen LogP contribution in [0.25, 0.3) is 103 Å². The number of thiophene rings is 1. The van der Waals surface area contributed by atoms with Crippen LogP contribution < -0.4 is 20.7 Å². The Morgan fingerprint density at radius 2 is 0.634 bits per heavy atom. The average Bonchev–Trinajstić information content (AvgIpc) is 4.18. The van der Waals surface area contributed by atoms with Gasteiger partial charge in [0, 0.05) is 69.6 Å². The van der Waals surface area contributed by atoms with Gasteiger partial charge < -0.3 is 13.7 Å². The van der Waals surface area contributed by atoms with Gasteiger partial charge in [0.1, 0.15) is 0 Å². The Bertz CT molecular complexity index is 4470. The minimum Gasteiger partial charge on any atom is -0.309 e. The molecule has 11 aromatic carbocycles. The number of rotatable bonds is 7. The topological polar surface area (TPSA) is 14.8 Å². The van der Waals surface area contributed by atoms with Crippen molar-refractivity contribution in [3.8, 4) is 17.1 Å². The zero-order chi connectivity index (χ0) is 46.6. The molecule has 0 aliphatic carbocycles. The van der Waals surface area contributed by atoms with Crippen LogP contribution in [0.5, 0.6) is 0 Å². The maximum atomic E-state index is 2.47. The Morgan fingerprint density at radius 1 is 0.254 bits per heavy atom. The summed E-state index contributed by atoms with van der Waals surface area (Å²) in [4.78, 5) is 0. The molecular weight excluding hydrogens is 895 g/mol. The molecule has 4 heterocycles. The van der Waals surface area contributed by atoms with Crippen LogP contribution in [0.3, 0.4) is 0 Å². The highest BCUT2D eigenvalue weighted by molar-refractivity contribution is 7.26. The first kappa shape index (κ1) is 40.2. The molecule has 5 heteroatoms. The molecule has 15 rings (SSSR count). The second kappa shape index (κ2) is 15.6. The lowest BCUT2D eigenvalue weighted by molar-refractivity contribution is 1.16. The van der Waals surface area contributed by atoms with Crippen molar-refractivity contribution in [1.29, 1.82) is 0 Å². The third-order valence-electron chi connectivity index (χ3n) is 15.2. The van der Waals surface area contributed by atoms with E-state index in [2.05, 4.69) is 275 Å². The van der Waals surface area contributed by atoms with E-state index >= 15 is 0 Å². The van der Waals surface area contributed by atoms with Gasteiger partial charge in [-0.1, -0.05) is 182 Å². The molecule has 71 heavy (non-hydrogen) atoms. The summed E-state index contributed by atoms with van der Waals surface area (Å²) in [6.45, 7) is 0. The quantitative estimate of drug-likeness (QED) is 0.112. The van der Waals surface area contributed by atoms with E-state index in [4.69, 9.17) is 0 Å². The first-order chi connectivity index (χ1) is 35.2. The fourth-order valence-corrected chi connectivity index (χ4v) is 18.2. The summed E-state index contributed by atoms with van der Waals surface area (Å²) in [5.41, 5.74) is 10.6. The molecule has 0 atom stereocenters. The van der Waals surface area contributed by atoms with Crippen molar-refractivity contribution in [2.75, 3.05) is 0 Å². The van der Waals surface area contributed by atoms with Crippen LogP contribution in [-0.2, 0) is 0 Å². The fraction of sp³-hybridized carbons (Fsp3) is 0. The van der Waals surface area contributed by atoms with Crippen molar-refractivity contribution in [2.45, 2.75) is 0 Å². The van der Waals surface area contributed by atoms with E-state index in [0.29, 0.717) is 0 Å². The summed E-state index contributed by atoms with van der Waals surface area (Å²) in [6, 6.07) is 97.3. The molecule has 15 aromatic rings. The molecule has 0 spiro atoms. The molecule has 0 aliphatic rings. The monoisotopic (exact) mass is 937 g/mol. The molecule has 3 nitrogen and oxygen atoms in total. The zero-order valence-corrected chi connectivity index (χ0v) is 40.4. The summed E-state index contributed by atoms with van der Waals surface area (Å²) < 4.78 is 10.1. The van der Waals surface area contributed by atoms with E-state index in [1.165, 1.54) is 106 Å². The molecule has 0 radical (unpaired) electrons. The molecule has 332 valence electrons. The van der Waals surface area contributed by atoms with Gasteiger partial charge in [0.2, 0.25) is 0 Å². The summed E-state index contributed by atoms with van der Waals surface area (Å²) >= 11 is 1.90. The lowest BCUT2D eigenvalue weighted by atomic mass is 10.1. The largest absolute Gasteiger partial charge is 0.309 e. The lowest BCUT2D eigenvalue weighted by Gasteiger charge is -2.34. The minimum atomic E-state index is -2.67. The van der Waals surface area contributed by atoms with Crippen LogP contribution in [-0.4, -0.2) is 21.8 Å². The minimum absolute atomic E-state index is 1.14. The highest BCUT2D eigenvalue weighted by atomic mass is 32.1. The average molecular weight is 938 g/mol. The van der Waals surface area contributed by atoms with Crippen LogP contribution in [0, 0.1) is 0 Å². The van der Waals surface area contributed by atoms with Gasteiger partial charge >= 0.3 is 0 Å². The van der Waals surface area contributed by atoms with Gasteiger partial charge in [-0.25, -0.2) is 0 Å². The Hall–Kier alpha value is -8.74. The second-order valence-corrected chi connectivity index (χ2v) is 23.7.